The third-order valence-electron chi connectivity index (χ3n) is 4.29. The van der Waals surface area contributed by atoms with Gasteiger partial charge in [0.1, 0.15) is 23.7 Å². The lowest BCUT2D eigenvalue weighted by Gasteiger charge is -2.47. The second kappa shape index (κ2) is 6.11. The van der Waals surface area contributed by atoms with Gasteiger partial charge in [-0.15, -0.1) is 21.1 Å². The van der Waals surface area contributed by atoms with Crippen molar-refractivity contribution in [1.29, 1.82) is 0 Å². The van der Waals surface area contributed by atoms with Crippen molar-refractivity contribution in [3.05, 3.63) is 23.0 Å². The number of hydrogen-bond acceptors (Lipinski definition) is 6. The van der Waals surface area contributed by atoms with Crippen molar-refractivity contribution in [2.24, 2.45) is 5.73 Å². The van der Waals surface area contributed by atoms with Crippen LogP contribution >= 0.6 is 11.8 Å². The van der Waals surface area contributed by atoms with E-state index in [1.54, 1.807) is 15.6 Å². The van der Waals surface area contributed by atoms with Gasteiger partial charge in [-0.3, -0.25) is 9.69 Å². The van der Waals surface area contributed by atoms with E-state index >= 15 is 0 Å². The Balaban J connectivity index is 1.98. The number of aliphatic hydroxyl groups is 1. The molecule has 2 aliphatic heterocycles. The van der Waals surface area contributed by atoms with Gasteiger partial charge >= 0.3 is 5.97 Å². The van der Waals surface area contributed by atoms with Gasteiger partial charge < -0.3 is 21.7 Å². The Kier molecular flexibility index (Phi) is 4.28. The van der Waals surface area contributed by atoms with Crippen molar-refractivity contribution in [2.75, 3.05) is 18.1 Å². The zero-order valence-corrected chi connectivity index (χ0v) is 14.0. The van der Waals surface area contributed by atoms with Gasteiger partial charge in [-0.2, -0.15) is 0 Å². The van der Waals surface area contributed by atoms with Crippen LogP contribution in [-0.4, -0.2) is 55.4 Å². The first kappa shape index (κ1) is 16.8. The minimum absolute atomic E-state index is 0.00548. The van der Waals surface area contributed by atoms with E-state index < -0.39 is 12.0 Å². The zero-order chi connectivity index (χ0) is 17.6. The van der Waals surface area contributed by atoms with Crippen LogP contribution in [0.3, 0.4) is 0 Å². The first-order chi connectivity index (χ1) is 11.4. The number of β-lactam (4-membered cyclic amide) rings is 1. The maximum Gasteiger partial charge on any atom is 0.352 e. The lowest BCUT2D eigenvalue weighted by molar-refractivity contribution is -0.767. The number of carboxylic acids is 1. The first-order valence-electron chi connectivity index (χ1n) is 7.48. The number of nitrogens with zero attached hydrogens (tertiary/aromatic N) is 3. The summed E-state index contributed by atoms with van der Waals surface area (Å²) in [6.07, 6.45) is 1.80. The second-order valence-corrected chi connectivity index (χ2v) is 6.94. The fourth-order valence-corrected chi connectivity index (χ4v) is 4.36. The van der Waals surface area contributed by atoms with Gasteiger partial charge in [0, 0.05) is 11.3 Å². The summed E-state index contributed by atoms with van der Waals surface area (Å²) in [5.41, 5.74) is 13.2. The number of carboxylic acid groups (broad SMARTS) is 1. The largest absolute Gasteiger partial charge is 0.477 e. The molecule has 9 nitrogen and oxygen atoms in total. The summed E-state index contributed by atoms with van der Waals surface area (Å²) >= 11 is 1.46. The number of amides is 1. The van der Waals surface area contributed by atoms with Crippen LogP contribution in [0.4, 0.5) is 5.82 Å². The molecular formula is C14H20N5O4S+. The average molecular weight is 354 g/mol. The second-order valence-electron chi connectivity index (χ2n) is 5.83. The van der Waals surface area contributed by atoms with Gasteiger partial charge in [-0.1, -0.05) is 0 Å². The van der Waals surface area contributed by atoms with E-state index in [-0.39, 0.29) is 30.1 Å². The molecule has 0 unspecified atom stereocenters. The van der Waals surface area contributed by atoms with Gasteiger partial charge in [-0.05, 0) is 6.92 Å². The molecule has 2 aliphatic rings. The fourth-order valence-electron chi connectivity index (χ4n) is 3.07. The highest BCUT2D eigenvalue weighted by atomic mass is 32.2. The molecule has 0 spiro atoms. The molecule has 1 saturated heterocycles. The minimum Gasteiger partial charge on any atom is -0.477 e. The maximum atomic E-state index is 12.0. The Morgan fingerprint density at radius 1 is 1.54 bits per heavy atom. The van der Waals surface area contributed by atoms with Gasteiger partial charge in [0.2, 0.25) is 12.1 Å². The number of hydrogen-bond donors (Lipinski definition) is 4. The molecule has 0 aromatic carbocycles. The molecule has 0 bridgehead atoms. The number of rotatable bonds is 5. The lowest BCUT2D eigenvalue weighted by Crippen LogP contribution is -2.68. The molecule has 3 heterocycles. The fraction of sp³-hybridized carbons (Fsp3) is 0.500. The van der Waals surface area contributed by atoms with Crippen LogP contribution in [0.5, 0.6) is 0 Å². The number of aromatic nitrogens is 2. The summed E-state index contributed by atoms with van der Waals surface area (Å²) < 4.78 is 3.46. The van der Waals surface area contributed by atoms with Crippen LogP contribution in [0, 0.1) is 6.92 Å². The predicted molar refractivity (Wildman–Crippen MR) is 86.6 cm³/mol. The SMILES string of the molecule is Cc1c[n+](CC2=C(C(=O)O)N3C(=O)[C@@H](N)[C@H]3SC2)n(CCO)c1N. The summed E-state index contributed by atoms with van der Waals surface area (Å²) in [6.45, 7) is 2.34. The van der Waals surface area contributed by atoms with Crippen molar-refractivity contribution in [1.82, 2.24) is 9.58 Å². The molecule has 1 aromatic heterocycles. The summed E-state index contributed by atoms with van der Waals surface area (Å²) in [7, 11) is 0. The van der Waals surface area contributed by atoms with Crippen molar-refractivity contribution >= 4 is 29.5 Å². The van der Waals surface area contributed by atoms with E-state index in [9.17, 15) is 19.8 Å². The molecule has 24 heavy (non-hydrogen) atoms. The molecule has 2 atom stereocenters. The van der Waals surface area contributed by atoms with Crippen molar-refractivity contribution < 1.29 is 24.5 Å². The third kappa shape index (κ3) is 2.46. The number of aliphatic hydroxyl groups excluding tert-OH is 1. The van der Waals surface area contributed by atoms with Crippen LogP contribution in [0.2, 0.25) is 0 Å². The first-order valence-corrected chi connectivity index (χ1v) is 8.53. The normalized spacial score (nSPS) is 23.3. The molecule has 1 aromatic rings. The number of carbonyl (C=O) groups is 2. The average Bonchev–Trinajstić information content (AvgIpc) is 2.81. The maximum absolute atomic E-state index is 12.0. The summed E-state index contributed by atoms with van der Waals surface area (Å²) in [6, 6.07) is -0.644. The van der Waals surface area contributed by atoms with Crippen LogP contribution in [-0.2, 0) is 22.7 Å². The van der Waals surface area contributed by atoms with E-state index in [0.717, 1.165) is 5.56 Å². The number of fused-ring (bicyclic) bond motifs is 1. The smallest absolute Gasteiger partial charge is 0.352 e. The minimum atomic E-state index is -1.14. The Morgan fingerprint density at radius 2 is 2.25 bits per heavy atom. The molecule has 3 rings (SSSR count). The highest BCUT2D eigenvalue weighted by molar-refractivity contribution is 8.00. The van der Waals surface area contributed by atoms with Gasteiger partial charge in [0.05, 0.1) is 12.2 Å². The number of nitrogens with two attached hydrogens (primary N) is 2. The molecule has 0 saturated carbocycles. The summed E-state index contributed by atoms with van der Waals surface area (Å²) in [5, 5.41) is 18.5. The summed E-state index contributed by atoms with van der Waals surface area (Å²) in [5.74, 6) is -0.514. The third-order valence-corrected chi connectivity index (χ3v) is 5.65. The Hall–Kier alpha value is -2.04. The van der Waals surface area contributed by atoms with Crippen molar-refractivity contribution in [3.8, 4) is 0 Å². The standard InChI is InChI=1S/C14H19N5O4S/c1-7-4-17(18(2-3-20)11(7)16)5-8-6-24-13-9(15)12(21)19(13)10(8)14(22)23/h4,9,13,16,20H,2-3,5-6,15H2,1H3,(H,22,23)/p+1/t9-,13-/m1/s1. The lowest BCUT2D eigenvalue weighted by atomic mass is 10.0. The van der Waals surface area contributed by atoms with Crippen LogP contribution in [0.25, 0.3) is 0 Å². The monoisotopic (exact) mass is 354 g/mol. The molecule has 130 valence electrons. The van der Waals surface area contributed by atoms with Gasteiger partial charge in [0.25, 0.3) is 0 Å². The highest BCUT2D eigenvalue weighted by Crippen LogP contribution is 2.39. The highest BCUT2D eigenvalue weighted by Gasteiger charge is 2.52. The predicted octanol–water partition coefficient (Wildman–Crippen LogP) is -1.76. The molecule has 10 heteroatoms. The van der Waals surface area contributed by atoms with Gasteiger partial charge in [-0.25, -0.2) is 4.79 Å². The summed E-state index contributed by atoms with van der Waals surface area (Å²) in [4.78, 5) is 24.9. The number of thioether (sulfide) groups is 1. The number of nitrogen functional groups attached to an aromatic ring is 1. The van der Waals surface area contributed by atoms with E-state index in [4.69, 9.17) is 11.5 Å². The van der Waals surface area contributed by atoms with Crippen LogP contribution in [0.1, 0.15) is 5.56 Å². The number of aryl methyl sites for hydroxylation is 1. The molecule has 1 amide bonds. The van der Waals surface area contributed by atoms with Crippen molar-refractivity contribution in [3.63, 3.8) is 0 Å². The van der Waals surface area contributed by atoms with E-state index in [2.05, 4.69) is 0 Å². The Bertz CT molecular complexity index is 744. The molecule has 6 N–H and O–H groups in total. The van der Waals surface area contributed by atoms with Crippen LogP contribution in [0.15, 0.2) is 17.5 Å². The number of carbonyl (C=O) groups excluding carboxylic acids is 1. The number of anilines is 1. The Labute approximate surface area is 142 Å². The number of aliphatic carboxylic acids is 1. The molecule has 0 aliphatic carbocycles. The molecular weight excluding hydrogens is 334 g/mol. The molecule has 0 radical (unpaired) electrons. The van der Waals surface area contributed by atoms with Gasteiger partial charge in [0.15, 0.2) is 12.4 Å². The quantitative estimate of drug-likeness (QED) is 0.363. The van der Waals surface area contributed by atoms with E-state index in [0.29, 0.717) is 23.7 Å². The van der Waals surface area contributed by atoms with E-state index in [1.165, 1.54) is 16.7 Å². The van der Waals surface area contributed by atoms with Crippen LogP contribution < -0.4 is 16.1 Å². The zero-order valence-electron chi connectivity index (χ0n) is 13.2. The topological polar surface area (TPSA) is 139 Å². The Morgan fingerprint density at radius 3 is 2.88 bits per heavy atom. The van der Waals surface area contributed by atoms with E-state index in [1.807, 2.05) is 6.92 Å². The van der Waals surface area contributed by atoms with Crippen molar-refractivity contribution in [2.45, 2.75) is 31.4 Å². The molecule has 1 fully saturated rings.